The van der Waals surface area contributed by atoms with E-state index in [-0.39, 0.29) is 23.5 Å². The largest absolute Gasteiger partial charge is 0.495 e. The van der Waals surface area contributed by atoms with Gasteiger partial charge in [-0.25, -0.2) is 0 Å². The molecule has 0 aliphatic carbocycles. The fraction of sp³-hybridized carbons (Fsp3) is 0.136. The number of rotatable bonds is 8. The predicted molar refractivity (Wildman–Crippen MR) is 120 cm³/mol. The molecule has 1 amide bonds. The molecule has 0 radical (unpaired) electrons. The van der Waals surface area contributed by atoms with Crippen LogP contribution in [-0.2, 0) is 11.4 Å². The molecule has 0 aliphatic heterocycles. The van der Waals surface area contributed by atoms with Crippen LogP contribution in [0.5, 0.6) is 11.5 Å². The number of aromatic nitrogens is 2. The number of carbonyl (C=O) groups is 1. The first kappa shape index (κ1) is 21.0. The molecule has 0 saturated heterocycles. The minimum Gasteiger partial charge on any atom is -0.495 e. The van der Waals surface area contributed by atoms with Crippen molar-refractivity contribution >= 4 is 45.7 Å². The number of halogens is 1. The lowest BCUT2D eigenvalue weighted by Crippen LogP contribution is -2.14. The predicted octanol–water partition coefficient (Wildman–Crippen LogP) is 5.19. The van der Waals surface area contributed by atoms with Gasteiger partial charge in [0.15, 0.2) is 6.61 Å². The molecule has 4 aromatic rings. The fourth-order valence-corrected chi connectivity index (χ4v) is 3.60. The minimum absolute atomic E-state index is 0.0861. The summed E-state index contributed by atoms with van der Waals surface area (Å²) in [7, 11) is 1.52. The van der Waals surface area contributed by atoms with Gasteiger partial charge in [-0.3, -0.25) is 4.79 Å². The number of fused-ring (bicyclic) bond motifs is 1. The molecule has 3 aromatic carbocycles. The van der Waals surface area contributed by atoms with Crippen LogP contribution in [0.2, 0.25) is 5.02 Å². The molecule has 158 valence electrons. The Balaban J connectivity index is 1.29. The number of nitrogens with one attached hydrogen (secondary N) is 1. The van der Waals surface area contributed by atoms with Crippen LogP contribution in [-0.4, -0.2) is 29.0 Å². The van der Waals surface area contributed by atoms with Crippen molar-refractivity contribution in [1.29, 1.82) is 0 Å². The third-order valence-electron chi connectivity index (χ3n) is 4.29. The molecule has 1 N–H and O–H groups in total. The smallest absolute Gasteiger partial charge is 0.277 e. The summed E-state index contributed by atoms with van der Waals surface area (Å²) in [4.78, 5) is 12.2. The Labute approximate surface area is 187 Å². The number of ether oxygens (including phenoxy) is 2. The van der Waals surface area contributed by atoms with Gasteiger partial charge in [0.05, 0.1) is 18.6 Å². The van der Waals surface area contributed by atoms with Gasteiger partial charge in [-0.05, 0) is 41.1 Å². The monoisotopic (exact) mass is 455 g/mol. The second-order valence-corrected chi connectivity index (χ2v) is 7.80. The van der Waals surface area contributed by atoms with Gasteiger partial charge < -0.3 is 19.2 Å². The van der Waals surface area contributed by atoms with Gasteiger partial charge in [-0.2, -0.15) is 0 Å². The summed E-state index contributed by atoms with van der Waals surface area (Å²) in [5, 5.41) is 13.7. The highest BCUT2D eigenvalue weighted by Crippen LogP contribution is 2.28. The number of hydrogen-bond donors (Lipinski definition) is 1. The van der Waals surface area contributed by atoms with Gasteiger partial charge in [0.25, 0.3) is 11.1 Å². The van der Waals surface area contributed by atoms with Crippen LogP contribution in [0.1, 0.15) is 5.89 Å². The first-order valence-electron chi connectivity index (χ1n) is 9.31. The van der Waals surface area contributed by atoms with E-state index in [1.54, 1.807) is 18.2 Å². The van der Waals surface area contributed by atoms with Crippen molar-refractivity contribution in [2.75, 3.05) is 18.2 Å². The lowest BCUT2D eigenvalue weighted by atomic mass is 10.1. The number of benzene rings is 3. The van der Waals surface area contributed by atoms with Crippen molar-refractivity contribution < 1.29 is 18.7 Å². The lowest BCUT2D eigenvalue weighted by Gasteiger charge is -2.09. The molecule has 1 aromatic heterocycles. The van der Waals surface area contributed by atoms with Crippen LogP contribution < -0.4 is 14.8 Å². The number of nitrogens with zero attached hydrogens (tertiary/aromatic N) is 2. The van der Waals surface area contributed by atoms with E-state index in [0.29, 0.717) is 28.1 Å². The van der Waals surface area contributed by atoms with E-state index in [0.717, 1.165) is 22.5 Å². The maximum absolute atomic E-state index is 12.2. The molecule has 0 aliphatic rings. The Kier molecular flexibility index (Phi) is 6.59. The standard InChI is InChI=1S/C22H18ClN3O4S/c1-28-19-9-7-16(23)11-18(19)24-20(27)13-31-22-26-25-21(30-22)12-29-17-8-6-14-4-2-3-5-15(14)10-17/h2-11H,12-13H2,1H3,(H,24,27). The first-order chi connectivity index (χ1) is 15.1. The zero-order chi connectivity index (χ0) is 21.6. The Morgan fingerprint density at radius 3 is 2.77 bits per heavy atom. The van der Waals surface area contributed by atoms with E-state index in [9.17, 15) is 4.79 Å². The highest BCUT2D eigenvalue weighted by Gasteiger charge is 2.13. The molecule has 0 bridgehead atoms. The van der Waals surface area contributed by atoms with Gasteiger partial charge in [0.1, 0.15) is 11.5 Å². The number of thioether (sulfide) groups is 1. The maximum atomic E-state index is 12.2. The van der Waals surface area contributed by atoms with Crippen LogP contribution in [0.4, 0.5) is 5.69 Å². The quantitative estimate of drug-likeness (QED) is 0.365. The van der Waals surface area contributed by atoms with Crippen molar-refractivity contribution in [3.05, 3.63) is 71.6 Å². The average molecular weight is 456 g/mol. The van der Waals surface area contributed by atoms with Gasteiger partial charge in [-0.15, -0.1) is 10.2 Å². The molecular formula is C22H18ClN3O4S. The molecule has 0 unspecified atom stereocenters. The molecular weight excluding hydrogens is 438 g/mol. The number of amides is 1. The molecule has 7 nitrogen and oxygen atoms in total. The van der Waals surface area contributed by atoms with E-state index in [2.05, 4.69) is 15.5 Å². The van der Waals surface area contributed by atoms with E-state index in [4.69, 9.17) is 25.5 Å². The van der Waals surface area contributed by atoms with Crippen LogP contribution >= 0.6 is 23.4 Å². The van der Waals surface area contributed by atoms with Crippen LogP contribution in [0.25, 0.3) is 10.8 Å². The SMILES string of the molecule is COc1ccc(Cl)cc1NC(=O)CSc1nnc(COc2ccc3ccccc3c2)o1. The van der Waals surface area contributed by atoms with Gasteiger partial charge in [0, 0.05) is 5.02 Å². The summed E-state index contributed by atoms with van der Waals surface area (Å²) in [6.07, 6.45) is 0. The zero-order valence-corrected chi connectivity index (χ0v) is 18.1. The van der Waals surface area contributed by atoms with E-state index in [1.165, 1.54) is 7.11 Å². The second-order valence-electron chi connectivity index (χ2n) is 6.44. The molecule has 0 atom stereocenters. The van der Waals surface area contributed by atoms with E-state index < -0.39 is 0 Å². The summed E-state index contributed by atoms with van der Waals surface area (Å²) < 4.78 is 16.5. The summed E-state index contributed by atoms with van der Waals surface area (Å²) in [5.74, 6) is 1.39. The summed E-state index contributed by atoms with van der Waals surface area (Å²) >= 11 is 7.11. The molecule has 4 rings (SSSR count). The van der Waals surface area contributed by atoms with E-state index in [1.807, 2.05) is 42.5 Å². The zero-order valence-electron chi connectivity index (χ0n) is 16.5. The Morgan fingerprint density at radius 2 is 1.94 bits per heavy atom. The van der Waals surface area contributed by atoms with Crippen molar-refractivity contribution in [2.24, 2.45) is 0 Å². The highest BCUT2D eigenvalue weighted by atomic mass is 35.5. The number of anilines is 1. The fourth-order valence-electron chi connectivity index (χ4n) is 2.85. The number of methoxy groups -OCH3 is 1. The van der Waals surface area contributed by atoms with Gasteiger partial charge in [-0.1, -0.05) is 53.7 Å². The summed E-state index contributed by atoms with van der Waals surface area (Å²) in [5.41, 5.74) is 0.496. The number of carbonyl (C=O) groups excluding carboxylic acids is 1. The third kappa shape index (κ3) is 5.48. The topological polar surface area (TPSA) is 86.5 Å². The van der Waals surface area contributed by atoms with Gasteiger partial charge in [0.2, 0.25) is 5.91 Å². The average Bonchev–Trinajstić information content (AvgIpc) is 3.24. The van der Waals surface area contributed by atoms with Crippen LogP contribution in [0, 0.1) is 0 Å². The minimum atomic E-state index is -0.252. The first-order valence-corrected chi connectivity index (χ1v) is 10.7. The second kappa shape index (κ2) is 9.72. The molecule has 0 saturated carbocycles. The summed E-state index contributed by atoms with van der Waals surface area (Å²) in [6, 6.07) is 18.9. The van der Waals surface area contributed by atoms with Crippen LogP contribution in [0.3, 0.4) is 0 Å². The van der Waals surface area contributed by atoms with Gasteiger partial charge >= 0.3 is 0 Å². The maximum Gasteiger partial charge on any atom is 0.277 e. The normalized spacial score (nSPS) is 10.8. The molecule has 9 heteroatoms. The lowest BCUT2D eigenvalue weighted by molar-refractivity contribution is -0.113. The molecule has 31 heavy (non-hydrogen) atoms. The van der Waals surface area contributed by atoms with E-state index >= 15 is 0 Å². The Morgan fingerprint density at radius 1 is 1.10 bits per heavy atom. The van der Waals surface area contributed by atoms with Crippen molar-refractivity contribution in [3.63, 3.8) is 0 Å². The van der Waals surface area contributed by atoms with Crippen LogP contribution in [0.15, 0.2) is 70.3 Å². The highest BCUT2D eigenvalue weighted by molar-refractivity contribution is 7.99. The molecule has 1 heterocycles. The third-order valence-corrected chi connectivity index (χ3v) is 5.35. The number of hydrogen-bond acceptors (Lipinski definition) is 7. The van der Waals surface area contributed by atoms with Crippen molar-refractivity contribution in [3.8, 4) is 11.5 Å². The van der Waals surface area contributed by atoms with Crippen molar-refractivity contribution in [1.82, 2.24) is 10.2 Å². The Bertz CT molecular complexity index is 1210. The summed E-state index contributed by atoms with van der Waals surface area (Å²) in [6.45, 7) is 0.137. The molecule has 0 fully saturated rings. The van der Waals surface area contributed by atoms with Crippen molar-refractivity contribution in [2.45, 2.75) is 11.8 Å². The molecule has 0 spiro atoms. The Hall–Kier alpha value is -3.23.